The lowest BCUT2D eigenvalue weighted by atomic mass is 10.0. The van der Waals surface area contributed by atoms with E-state index in [1.54, 1.807) is 0 Å². The van der Waals surface area contributed by atoms with Gasteiger partial charge in [-0.3, -0.25) is 0 Å². The van der Waals surface area contributed by atoms with Crippen molar-refractivity contribution in [2.24, 2.45) is 0 Å². The molecule has 2 rings (SSSR count). The lowest BCUT2D eigenvalue weighted by Gasteiger charge is -2.19. The number of anilines is 1. The maximum absolute atomic E-state index is 5.92. The fourth-order valence-electron chi connectivity index (χ4n) is 1.89. The Morgan fingerprint density at radius 3 is 2.00 bits per heavy atom. The molecule has 3 heteroatoms. The average molecular weight is 292 g/mol. The molecule has 0 radical (unpaired) electrons. The first-order valence-electron chi connectivity index (χ1n) is 6.07. The predicted octanol–water partition coefficient (Wildman–Crippen LogP) is 5.72. The molecule has 0 heterocycles. The van der Waals surface area contributed by atoms with Crippen molar-refractivity contribution in [1.29, 1.82) is 0 Å². The van der Waals surface area contributed by atoms with Crippen molar-refractivity contribution in [3.63, 3.8) is 0 Å². The molecule has 0 aromatic heterocycles. The molecule has 0 amide bonds. The topological polar surface area (TPSA) is 12.0 Å². The quantitative estimate of drug-likeness (QED) is 0.695. The van der Waals surface area contributed by atoms with Crippen LogP contribution in [0.4, 0.5) is 5.69 Å². The van der Waals surface area contributed by atoms with Crippen LogP contribution in [0.15, 0.2) is 61.2 Å². The van der Waals surface area contributed by atoms with E-state index in [0.717, 1.165) is 22.2 Å². The Hall–Kier alpha value is -1.44. The summed E-state index contributed by atoms with van der Waals surface area (Å²) in [6, 6.07) is 15.7. The fourth-order valence-corrected chi connectivity index (χ4v) is 2.14. The van der Waals surface area contributed by atoms with Crippen LogP contribution in [0.3, 0.4) is 0 Å². The van der Waals surface area contributed by atoms with Crippen molar-refractivity contribution in [3.8, 4) is 0 Å². The number of benzene rings is 2. The molecule has 0 bridgehead atoms. The third-order valence-corrected chi connectivity index (χ3v) is 3.36. The SMILES string of the molecule is C=CCC(Nc1ccc(Cl)cc1)c1ccc(Cl)cc1. The zero-order chi connectivity index (χ0) is 13.7. The Kier molecular flexibility index (Phi) is 4.89. The molecule has 0 saturated heterocycles. The van der Waals surface area contributed by atoms with E-state index in [1.165, 1.54) is 5.56 Å². The van der Waals surface area contributed by atoms with E-state index in [4.69, 9.17) is 23.2 Å². The van der Waals surface area contributed by atoms with Gasteiger partial charge in [-0.2, -0.15) is 0 Å². The second-order valence-corrected chi connectivity index (χ2v) is 5.15. The van der Waals surface area contributed by atoms with Crippen LogP contribution < -0.4 is 5.32 Å². The lowest BCUT2D eigenvalue weighted by molar-refractivity contribution is 0.799. The van der Waals surface area contributed by atoms with Gasteiger partial charge < -0.3 is 5.32 Å². The Morgan fingerprint density at radius 2 is 1.47 bits per heavy atom. The molecule has 2 aromatic rings. The number of hydrogen-bond acceptors (Lipinski definition) is 1. The van der Waals surface area contributed by atoms with Crippen LogP contribution in [0.25, 0.3) is 0 Å². The monoisotopic (exact) mass is 291 g/mol. The van der Waals surface area contributed by atoms with Crippen molar-refractivity contribution in [3.05, 3.63) is 76.8 Å². The molecule has 0 fully saturated rings. The van der Waals surface area contributed by atoms with E-state index in [-0.39, 0.29) is 6.04 Å². The Labute approximate surface area is 123 Å². The molecule has 0 spiro atoms. The highest BCUT2D eigenvalue weighted by atomic mass is 35.5. The first-order chi connectivity index (χ1) is 9.19. The van der Waals surface area contributed by atoms with Gasteiger partial charge in [-0.1, -0.05) is 41.4 Å². The number of halogens is 2. The van der Waals surface area contributed by atoms with Gasteiger partial charge in [0.15, 0.2) is 0 Å². The highest BCUT2D eigenvalue weighted by Crippen LogP contribution is 2.25. The van der Waals surface area contributed by atoms with Crippen molar-refractivity contribution >= 4 is 28.9 Å². The maximum Gasteiger partial charge on any atom is 0.0548 e. The van der Waals surface area contributed by atoms with Gasteiger partial charge in [-0.05, 0) is 48.4 Å². The second-order valence-electron chi connectivity index (χ2n) is 4.28. The smallest absolute Gasteiger partial charge is 0.0548 e. The second kappa shape index (κ2) is 6.65. The molecule has 1 N–H and O–H groups in total. The van der Waals surface area contributed by atoms with Gasteiger partial charge in [0.1, 0.15) is 0 Å². The third-order valence-electron chi connectivity index (χ3n) is 2.86. The third kappa shape index (κ3) is 4.02. The van der Waals surface area contributed by atoms with E-state index < -0.39 is 0 Å². The van der Waals surface area contributed by atoms with Crippen LogP contribution in [0, 0.1) is 0 Å². The fraction of sp³-hybridized carbons (Fsp3) is 0.125. The van der Waals surface area contributed by atoms with Gasteiger partial charge >= 0.3 is 0 Å². The molecule has 0 aliphatic rings. The van der Waals surface area contributed by atoms with Gasteiger partial charge in [0.25, 0.3) is 0 Å². The van der Waals surface area contributed by atoms with Crippen molar-refractivity contribution in [2.75, 3.05) is 5.32 Å². The molecule has 2 aromatic carbocycles. The summed E-state index contributed by atoms with van der Waals surface area (Å²) in [5, 5.41) is 4.95. The summed E-state index contributed by atoms with van der Waals surface area (Å²) < 4.78 is 0. The summed E-state index contributed by atoms with van der Waals surface area (Å²) in [7, 11) is 0. The van der Waals surface area contributed by atoms with Crippen molar-refractivity contribution < 1.29 is 0 Å². The van der Waals surface area contributed by atoms with Gasteiger partial charge in [-0.15, -0.1) is 6.58 Å². The van der Waals surface area contributed by atoms with Crippen LogP contribution >= 0.6 is 23.2 Å². The van der Waals surface area contributed by atoms with E-state index in [1.807, 2.05) is 54.6 Å². The molecule has 1 unspecified atom stereocenters. The van der Waals surface area contributed by atoms with Crippen molar-refractivity contribution in [1.82, 2.24) is 0 Å². The highest BCUT2D eigenvalue weighted by Gasteiger charge is 2.09. The highest BCUT2D eigenvalue weighted by molar-refractivity contribution is 6.30. The largest absolute Gasteiger partial charge is 0.378 e. The van der Waals surface area contributed by atoms with Crippen LogP contribution in [0.2, 0.25) is 10.0 Å². The Morgan fingerprint density at radius 1 is 0.947 bits per heavy atom. The molecule has 98 valence electrons. The summed E-state index contributed by atoms with van der Waals surface area (Å²) >= 11 is 11.8. The summed E-state index contributed by atoms with van der Waals surface area (Å²) in [4.78, 5) is 0. The number of nitrogens with one attached hydrogen (secondary N) is 1. The van der Waals surface area contributed by atoms with Gasteiger partial charge in [0.2, 0.25) is 0 Å². The predicted molar refractivity (Wildman–Crippen MR) is 84.1 cm³/mol. The summed E-state index contributed by atoms with van der Waals surface area (Å²) in [5.74, 6) is 0. The average Bonchev–Trinajstić information content (AvgIpc) is 2.42. The minimum Gasteiger partial charge on any atom is -0.378 e. The van der Waals surface area contributed by atoms with Gasteiger partial charge in [-0.25, -0.2) is 0 Å². The maximum atomic E-state index is 5.92. The Balaban J connectivity index is 2.18. The Bertz CT molecular complexity index is 532. The number of hydrogen-bond donors (Lipinski definition) is 1. The molecule has 19 heavy (non-hydrogen) atoms. The standard InChI is InChI=1S/C16H15Cl2N/c1-2-3-16(12-4-6-13(17)7-5-12)19-15-10-8-14(18)9-11-15/h2,4-11,16,19H,1,3H2. The van der Waals surface area contributed by atoms with E-state index in [9.17, 15) is 0 Å². The van der Waals surface area contributed by atoms with Crippen LogP contribution in [-0.2, 0) is 0 Å². The summed E-state index contributed by atoms with van der Waals surface area (Å²) in [6.45, 7) is 3.81. The normalized spacial score (nSPS) is 11.9. The summed E-state index contributed by atoms with van der Waals surface area (Å²) in [6.07, 6.45) is 2.74. The van der Waals surface area contributed by atoms with Crippen LogP contribution in [0.1, 0.15) is 18.0 Å². The molecule has 0 aliphatic carbocycles. The van der Waals surface area contributed by atoms with Crippen LogP contribution in [0.5, 0.6) is 0 Å². The van der Waals surface area contributed by atoms with Crippen molar-refractivity contribution in [2.45, 2.75) is 12.5 Å². The van der Waals surface area contributed by atoms with E-state index >= 15 is 0 Å². The van der Waals surface area contributed by atoms with E-state index in [2.05, 4.69) is 11.9 Å². The molecular weight excluding hydrogens is 277 g/mol. The minimum absolute atomic E-state index is 0.177. The van der Waals surface area contributed by atoms with Crippen LogP contribution in [-0.4, -0.2) is 0 Å². The zero-order valence-electron chi connectivity index (χ0n) is 10.4. The zero-order valence-corrected chi connectivity index (χ0v) is 12.0. The molecular formula is C16H15Cl2N. The lowest BCUT2D eigenvalue weighted by Crippen LogP contribution is -2.09. The molecule has 1 nitrogen and oxygen atoms in total. The molecule has 0 aliphatic heterocycles. The number of rotatable bonds is 5. The van der Waals surface area contributed by atoms with Gasteiger partial charge in [0.05, 0.1) is 6.04 Å². The molecule has 0 saturated carbocycles. The minimum atomic E-state index is 0.177. The first-order valence-corrected chi connectivity index (χ1v) is 6.83. The summed E-state index contributed by atoms with van der Waals surface area (Å²) in [5.41, 5.74) is 2.21. The van der Waals surface area contributed by atoms with Gasteiger partial charge in [0, 0.05) is 15.7 Å². The molecule has 1 atom stereocenters. The first kappa shape index (κ1) is 14.0. The van der Waals surface area contributed by atoms with E-state index in [0.29, 0.717) is 0 Å².